The van der Waals surface area contributed by atoms with Gasteiger partial charge in [0.15, 0.2) is 0 Å². The SMILES string of the molecule is CN(CC(=O)Nc1cc(S(=O)(=O)N2CCCC2)ccc1Cl)Cc1cnn(-c2ccccc2)c1. The lowest BCUT2D eigenvalue weighted by Crippen LogP contribution is -2.30. The molecule has 0 radical (unpaired) electrons. The number of nitrogens with one attached hydrogen (secondary N) is 1. The Morgan fingerprint density at radius 3 is 2.61 bits per heavy atom. The summed E-state index contributed by atoms with van der Waals surface area (Å²) in [7, 11) is -1.77. The van der Waals surface area contributed by atoms with Crippen LogP contribution < -0.4 is 5.32 Å². The number of para-hydroxylation sites is 1. The molecule has 0 spiro atoms. The molecule has 10 heteroatoms. The third kappa shape index (κ3) is 5.62. The van der Waals surface area contributed by atoms with Gasteiger partial charge in [-0.1, -0.05) is 29.8 Å². The highest BCUT2D eigenvalue weighted by atomic mass is 35.5. The van der Waals surface area contributed by atoms with Crippen molar-refractivity contribution >= 4 is 33.2 Å². The van der Waals surface area contributed by atoms with Crippen LogP contribution in [0.15, 0.2) is 65.8 Å². The third-order valence-corrected chi connectivity index (χ3v) is 7.66. The lowest BCUT2D eigenvalue weighted by molar-refractivity contribution is -0.117. The first-order chi connectivity index (χ1) is 15.8. The number of rotatable bonds is 8. The van der Waals surface area contributed by atoms with Crippen molar-refractivity contribution in [2.45, 2.75) is 24.3 Å². The smallest absolute Gasteiger partial charge is 0.243 e. The number of nitrogens with zero attached hydrogens (tertiary/aromatic N) is 4. The van der Waals surface area contributed by atoms with E-state index < -0.39 is 10.0 Å². The molecule has 1 saturated heterocycles. The Morgan fingerprint density at radius 1 is 1.15 bits per heavy atom. The maximum absolute atomic E-state index is 12.8. The van der Waals surface area contributed by atoms with Crippen molar-refractivity contribution in [2.24, 2.45) is 0 Å². The summed E-state index contributed by atoms with van der Waals surface area (Å²) in [4.78, 5) is 14.6. The average Bonchev–Trinajstić information content (AvgIpc) is 3.48. The van der Waals surface area contributed by atoms with E-state index in [1.54, 1.807) is 10.9 Å². The van der Waals surface area contributed by atoms with Gasteiger partial charge in [0, 0.05) is 31.4 Å². The van der Waals surface area contributed by atoms with Crippen molar-refractivity contribution < 1.29 is 13.2 Å². The first kappa shape index (κ1) is 23.4. The highest BCUT2D eigenvalue weighted by molar-refractivity contribution is 7.89. The standard InChI is InChI=1S/C23H26ClN5O3S/c1-27(15-18-14-25-29(16-18)19-7-3-2-4-8-19)17-23(30)26-22-13-20(9-10-21(22)24)33(31,32)28-11-5-6-12-28/h2-4,7-10,13-14,16H,5-6,11-12,15,17H2,1H3,(H,26,30). The van der Waals surface area contributed by atoms with Crippen molar-refractivity contribution in [3.05, 3.63) is 71.5 Å². The first-order valence-corrected chi connectivity index (χ1v) is 12.5. The molecule has 174 valence electrons. The fraction of sp³-hybridized carbons (Fsp3) is 0.304. The van der Waals surface area contributed by atoms with Gasteiger partial charge in [-0.25, -0.2) is 13.1 Å². The number of carbonyl (C=O) groups is 1. The van der Waals surface area contributed by atoms with E-state index in [2.05, 4.69) is 10.4 Å². The monoisotopic (exact) mass is 487 g/mol. The third-order valence-electron chi connectivity index (χ3n) is 5.44. The Morgan fingerprint density at radius 2 is 1.88 bits per heavy atom. The van der Waals surface area contributed by atoms with Crippen LogP contribution in [0.25, 0.3) is 5.69 Å². The summed E-state index contributed by atoms with van der Waals surface area (Å²) in [5.41, 5.74) is 2.21. The average molecular weight is 488 g/mol. The van der Waals surface area contributed by atoms with Gasteiger partial charge in [0.05, 0.1) is 34.0 Å². The number of anilines is 1. The van der Waals surface area contributed by atoms with Crippen molar-refractivity contribution in [1.29, 1.82) is 0 Å². The number of amides is 1. The summed E-state index contributed by atoms with van der Waals surface area (Å²) in [6.45, 7) is 1.66. The summed E-state index contributed by atoms with van der Waals surface area (Å²) in [6, 6.07) is 14.2. The molecule has 8 nitrogen and oxygen atoms in total. The van der Waals surface area contributed by atoms with Gasteiger partial charge in [0.2, 0.25) is 15.9 Å². The van der Waals surface area contributed by atoms with Crippen LogP contribution in [-0.4, -0.2) is 60.0 Å². The molecule has 2 heterocycles. The molecule has 0 atom stereocenters. The van der Waals surface area contributed by atoms with E-state index in [4.69, 9.17) is 11.6 Å². The van der Waals surface area contributed by atoms with Crippen LogP contribution in [0.1, 0.15) is 18.4 Å². The number of benzene rings is 2. The maximum atomic E-state index is 12.8. The van der Waals surface area contributed by atoms with Gasteiger partial charge in [-0.3, -0.25) is 9.69 Å². The molecule has 0 aliphatic carbocycles. The fourth-order valence-corrected chi connectivity index (χ4v) is 5.51. The topological polar surface area (TPSA) is 87.5 Å². The molecule has 0 bridgehead atoms. The summed E-state index contributed by atoms with van der Waals surface area (Å²) < 4.78 is 28.9. The van der Waals surface area contributed by atoms with E-state index in [1.165, 1.54) is 22.5 Å². The molecule has 0 saturated carbocycles. The number of sulfonamides is 1. The van der Waals surface area contributed by atoms with Gasteiger partial charge in [-0.05, 0) is 50.2 Å². The van der Waals surface area contributed by atoms with Gasteiger partial charge in [0.1, 0.15) is 0 Å². The molecule has 2 aromatic carbocycles. The Balaban J connectivity index is 1.38. The minimum Gasteiger partial charge on any atom is -0.324 e. The second kappa shape index (κ2) is 10.0. The van der Waals surface area contributed by atoms with E-state index in [1.807, 2.05) is 48.5 Å². The highest BCUT2D eigenvalue weighted by Crippen LogP contribution is 2.28. The Hall–Kier alpha value is -2.72. The molecule has 3 aromatic rings. The van der Waals surface area contributed by atoms with Crippen molar-refractivity contribution in [1.82, 2.24) is 19.0 Å². The van der Waals surface area contributed by atoms with Crippen molar-refractivity contribution in [3.63, 3.8) is 0 Å². The van der Waals surface area contributed by atoms with Gasteiger partial charge < -0.3 is 5.32 Å². The summed E-state index contributed by atoms with van der Waals surface area (Å²) in [6.07, 6.45) is 5.40. The normalized spacial score (nSPS) is 14.6. The largest absolute Gasteiger partial charge is 0.324 e. The lowest BCUT2D eigenvalue weighted by Gasteiger charge is -2.18. The fourth-order valence-electron chi connectivity index (χ4n) is 3.80. The predicted molar refractivity (Wildman–Crippen MR) is 128 cm³/mol. The molecule has 1 aliphatic rings. The van der Waals surface area contributed by atoms with Crippen molar-refractivity contribution in [2.75, 3.05) is 32.0 Å². The summed E-state index contributed by atoms with van der Waals surface area (Å²) >= 11 is 6.23. The Bertz CT molecular complexity index is 1220. The van der Waals surface area contributed by atoms with E-state index in [0.717, 1.165) is 24.1 Å². The zero-order valence-electron chi connectivity index (χ0n) is 18.3. The predicted octanol–water partition coefficient (Wildman–Crippen LogP) is 3.38. The number of hydrogen-bond acceptors (Lipinski definition) is 5. The molecule has 1 aromatic heterocycles. The summed E-state index contributed by atoms with van der Waals surface area (Å²) in [5.74, 6) is -0.287. The van der Waals surface area contributed by atoms with E-state index in [9.17, 15) is 13.2 Å². The molecule has 4 rings (SSSR count). The minimum atomic E-state index is -3.59. The van der Waals surface area contributed by atoms with Gasteiger partial charge >= 0.3 is 0 Å². The van der Waals surface area contributed by atoms with Gasteiger partial charge in [0.25, 0.3) is 0 Å². The molecular weight excluding hydrogens is 462 g/mol. The van der Waals surface area contributed by atoms with E-state index >= 15 is 0 Å². The lowest BCUT2D eigenvalue weighted by atomic mass is 10.3. The number of halogens is 1. The van der Waals surface area contributed by atoms with Crippen LogP contribution in [0, 0.1) is 0 Å². The molecule has 1 N–H and O–H groups in total. The molecule has 1 fully saturated rings. The van der Waals surface area contributed by atoms with Crippen LogP contribution in [0.4, 0.5) is 5.69 Å². The zero-order valence-corrected chi connectivity index (χ0v) is 19.9. The van der Waals surface area contributed by atoms with E-state index in [0.29, 0.717) is 19.6 Å². The van der Waals surface area contributed by atoms with Crippen LogP contribution in [0.3, 0.4) is 0 Å². The molecular formula is C23H26ClN5O3S. The second-order valence-electron chi connectivity index (χ2n) is 8.10. The Labute approximate surface area is 198 Å². The van der Waals surface area contributed by atoms with Gasteiger partial charge in [-0.15, -0.1) is 0 Å². The maximum Gasteiger partial charge on any atom is 0.243 e. The molecule has 1 amide bonds. The summed E-state index contributed by atoms with van der Waals surface area (Å²) in [5, 5.41) is 7.41. The number of carbonyl (C=O) groups excluding carboxylic acids is 1. The van der Waals surface area contributed by atoms with Crippen LogP contribution >= 0.6 is 11.6 Å². The van der Waals surface area contributed by atoms with Crippen LogP contribution in [-0.2, 0) is 21.4 Å². The zero-order chi connectivity index (χ0) is 23.4. The molecule has 33 heavy (non-hydrogen) atoms. The highest BCUT2D eigenvalue weighted by Gasteiger charge is 2.27. The molecule has 1 aliphatic heterocycles. The number of likely N-dealkylation sites (N-methyl/N-ethyl adjacent to an activating group) is 1. The van der Waals surface area contributed by atoms with E-state index in [-0.39, 0.29) is 28.1 Å². The minimum absolute atomic E-state index is 0.107. The first-order valence-electron chi connectivity index (χ1n) is 10.7. The number of aromatic nitrogens is 2. The second-order valence-corrected chi connectivity index (χ2v) is 10.4. The quantitative estimate of drug-likeness (QED) is 0.526. The van der Waals surface area contributed by atoms with Crippen LogP contribution in [0.2, 0.25) is 5.02 Å². The van der Waals surface area contributed by atoms with Crippen molar-refractivity contribution in [3.8, 4) is 5.69 Å². The number of hydrogen-bond donors (Lipinski definition) is 1. The Kier molecular flexibility index (Phi) is 7.14. The van der Waals surface area contributed by atoms with Crippen LogP contribution in [0.5, 0.6) is 0 Å². The van der Waals surface area contributed by atoms with Gasteiger partial charge in [-0.2, -0.15) is 9.40 Å². The molecule has 0 unspecified atom stereocenters.